The van der Waals surface area contributed by atoms with Crippen LogP contribution < -0.4 is 4.74 Å². The van der Waals surface area contributed by atoms with Crippen molar-refractivity contribution >= 4 is 0 Å². The summed E-state index contributed by atoms with van der Waals surface area (Å²) in [5.74, 6) is 1.76. The van der Waals surface area contributed by atoms with Crippen LogP contribution in [-0.2, 0) is 11.2 Å². The number of rotatable bonds is 10. The lowest BCUT2D eigenvalue weighted by Gasteiger charge is -2.19. The molecular weight excluding hydrogens is 272 g/mol. The van der Waals surface area contributed by atoms with Gasteiger partial charge in [-0.1, -0.05) is 45.2 Å². The monoisotopic (exact) mass is 306 g/mol. The molecule has 0 fully saturated rings. The van der Waals surface area contributed by atoms with Crippen molar-refractivity contribution in [2.75, 3.05) is 13.2 Å². The molecule has 0 amide bonds. The van der Waals surface area contributed by atoms with E-state index < -0.39 is 0 Å². The molecule has 0 aromatic heterocycles. The van der Waals surface area contributed by atoms with Gasteiger partial charge in [-0.25, -0.2) is 0 Å². The molecule has 0 atom stereocenters. The summed E-state index contributed by atoms with van der Waals surface area (Å²) in [6.07, 6.45) is 6.49. The second kappa shape index (κ2) is 9.89. The van der Waals surface area contributed by atoms with Crippen LogP contribution in [0.5, 0.6) is 5.75 Å². The first-order valence-electron chi connectivity index (χ1n) is 8.72. The van der Waals surface area contributed by atoms with E-state index in [4.69, 9.17) is 9.47 Å². The van der Waals surface area contributed by atoms with Gasteiger partial charge in [0.05, 0.1) is 12.2 Å². The van der Waals surface area contributed by atoms with Crippen LogP contribution in [0.15, 0.2) is 24.3 Å². The zero-order chi connectivity index (χ0) is 16.4. The van der Waals surface area contributed by atoms with Crippen LogP contribution >= 0.6 is 0 Å². The summed E-state index contributed by atoms with van der Waals surface area (Å²) >= 11 is 0. The van der Waals surface area contributed by atoms with Gasteiger partial charge in [-0.05, 0) is 57.2 Å². The maximum atomic E-state index is 5.70. The Labute approximate surface area is 137 Å². The Balaban J connectivity index is 2.17. The van der Waals surface area contributed by atoms with E-state index in [0.29, 0.717) is 13.2 Å². The highest BCUT2D eigenvalue weighted by atomic mass is 16.5. The molecule has 0 aliphatic carbocycles. The minimum Gasteiger partial charge on any atom is -0.491 e. The molecule has 0 radical (unpaired) electrons. The van der Waals surface area contributed by atoms with Crippen LogP contribution in [-0.4, -0.2) is 18.8 Å². The minimum atomic E-state index is -0.0945. The van der Waals surface area contributed by atoms with Gasteiger partial charge in [-0.15, -0.1) is 0 Å². The van der Waals surface area contributed by atoms with Crippen LogP contribution in [0.25, 0.3) is 0 Å². The third kappa shape index (κ3) is 9.83. The molecule has 0 heterocycles. The molecule has 0 saturated heterocycles. The Morgan fingerprint density at radius 2 is 1.59 bits per heavy atom. The molecule has 0 N–H and O–H groups in total. The predicted octanol–water partition coefficient (Wildman–Crippen LogP) is 5.64. The van der Waals surface area contributed by atoms with Gasteiger partial charge in [0.15, 0.2) is 0 Å². The van der Waals surface area contributed by atoms with Gasteiger partial charge < -0.3 is 9.47 Å². The van der Waals surface area contributed by atoms with Crippen LogP contribution in [0, 0.1) is 5.92 Å². The Bertz CT molecular complexity index is 387. The van der Waals surface area contributed by atoms with Crippen molar-refractivity contribution in [2.45, 2.75) is 72.3 Å². The molecule has 0 aliphatic heterocycles. The molecule has 1 rings (SSSR count). The van der Waals surface area contributed by atoms with E-state index in [0.717, 1.165) is 11.7 Å². The fourth-order valence-electron chi connectivity index (χ4n) is 2.32. The van der Waals surface area contributed by atoms with Crippen LogP contribution in [0.3, 0.4) is 0 Å². The number of hydrogen-bond donors (Lipinski definition) is 0. The molecule has 2 heteroatoms. The van der Waals surface area contributed by atoms with Crippen molar-refractivity contribution in [1.29, 1.82) is 0 Å². The van der Waals surface area contributed by atoms with Gasteiger partial charge >= 0.3 is 0 Å². The molecule has 22 heavy (non-hydrogen) atoms. The summed E-state index contributed by atoms with van der Waals surface area (Å²) < 4.78 is 11.3. The number of ether oxygens (including phenoxy) is 2. The maximum Gasteiger partial charge on any atom is 0.119 e. The molecule has 0 aliphatic rings. The lowest BCUT2D eigenvalue weighted by molar-refractivity contribution is -0.0163. The van der Waals surface area contributed by atoms with Gasteiger partial charge in [-0.3, -0.25) is 0 Å². The van der Waals surface area contributed by atoms with E-state index in [2.05, 4.69) is 58.9 Å². The minimum absolute atomic E-state index is 0.0945. The number of hydrogen-bond acceptors (Lipinski definition) is 2. The van der Waals surface area contributed by atoms with Crippen molar-refractivity contribution in [1.82, 2.24) is 0 Å². The SMILES string of the molecule is CC(C)CCCCCc1ccc(OCCOC(C)(C)C)cc1. The summed E-state index contributed by atoms with van der Waals surface area (Å²) in [6, 6.07) is 8.51. The summed E-state index contributed by atoms with van der Waals surface area (Å²) in [5.41, 5.74) is 1.31. The first-order valence-corrected chi connectivity index (χ1v) is 8.72. The second-order valence-electron chi connectivity index (χ2n) is 7.45. The highest BCUT2D eigenvalue weighted by molar-refractivity contribution is 5.27. The van der Waals surface area contributed by atoms with Crippen LogP contribution in [0.1, 0.15) is 65.9 Å². The normalized spacial score (nSPS) is 11.9. The van der Waals surface area contributed by atoms with Crippen LogP contribution in [0.4, 0.5) is 0 Å². The number of benzene rings is 1. The number of unbranched alkanes of at least 4 members (excludes halogenated alkanes) is 2. The molecule has 1 aromatic carbocycles. The average molecular weight is 306 g/mol. The Morgan fingerprint density at radius 3 is 2.18 bits per heavy atom. The van der Waals surface area contributed by atoms with E-state index in [1.54, 1.807) is 0 Å². The van der Waals surface area contributed by atoms with Crippen molar-refractivity contribution in [2.24, 2.45) is 5.92 Å². The van der Waals surface area contributed by atoms with E-state index in [1.807, 2.05) is 0 Å². The van der Waals surface area contributed by atoms with E-state index in [1.165, 1.54) is 37.7 Å². The fraction of sp³-hybridized carbons (Fsp3) is 0.700. The predicted molar refractivity (Wildman–Crippen MR) is 94.7 cm³/mol. The lowest BCUT2D eigenvalue weighted by Crippen LogP contribution is -2.22. The molecule has 0 saturated carbocycles. The van der Waals surface area contributed by atoms with Gasteiger partial charge in [0, 0.05) is 0 Å². The first-order chi connectivity index (χ1) is 10.4. The second-order valence-corrected chi connectivity index (χ2v) is 7.45. The van der Waals surface area contributed by atoms with Crippen molar-refractivity contribution in [3.05, 3.63) is 29.8 Å². The third-order valence-electron chi connectivity index (χ3n) is 3.56. The molecule has 0 bridgehead atoms. The summed E-state index contributed by atoms with van der Waals surface area (Å²) in [7, 11) is 0. The van der Waals surface area contributed by atoms with E-state index in [-0.39, 0.29) is 5.60 Å². The van der Waals surface area contributed by atoms with Crippen LogP contribution in [0.2, 0.25) is 0 Å². The molecule has 126 valence electrons. The molecule has 2 nitrogen and oxygen atoms in total. The maximum absolute atomic E-state index is 5.70. The zero-order valence-electron chi connectivity index (χ0n) is 15.2. The summed E-state index contributed by atoms with van der Waals surface area (Å²) in [5, 5.41) is 0. The first kappa shape index (κ1) is 19.0. The standard InChI is InChI=1S/C20H34O2/c1-17(2)9-7-6-8-10-18-11-13-19(14-12-18)21-15-16-22-20(3,4)5/h11-14,17H,6-10,15-16H2,1-5H3. The molecular formula is C20H34O2. The molecule has 0 unspecified atom stereocenters. The number of aryl methyl sites for hydroxylation is 1. The summed E-state index contributed by atoms with van der Waals surface area (Å²) in [6.45, 7) is 12.0. The Kier molecular flexibility index (Phi) is 8.55. The molecule has 1 aromatic rings. The highest BCUT2D eigenvalue weighted by Crippen LogP contribution is 2.16. The lowest BCUT2D eigenvalue weighted by atomic mass is 10.0. The topological polar surface area (TPSA) is 18.5 Å². The fourth-order valence-corrected chi connectivity index (χ4v) is 2.32. The van der Waals surface area contributed by atoms with Gasteiger partial charge in [-0.2, -0.15) is 0 Å². The van der Waals surface area contributed by atoms with Crippen molar-refractivity contribution < 1.29 is 9.47 Å². The van der Waals surface area contributed by atoms with Crippen molar-refractivity contribution in [3.8, 4) is 5.75 Å². The highest BCUT2D eigenvalue weighted by Gasteiger charge is 2.09. The Hall–Kier alpha value is -1.02. The third-order valence-corrected chi connectivity index (χ3v) is 3.56. The quantitative estimate of drug-likeness (QED) is 0.521. The summed E-state index contributed by atoms with van der Waals surface area (Å²) in [4.78, 5) is 0. The Morgan fingerprint density at radius 1 is 0.909 bits per heavy atom. The van der Waals surface area contributed by atoms with Crippen molar-refractivity contribution in [3.63, 3.8) is 0 Å². The van der Waals surface area contributed by atoms with Gasteiger partial charge in [0.2, 0.25) is 0 Å². The smallest absolute Gasteiger partial charge is 0.119 e. The largest absolute Gasteiger partial charge is 0.491 e. The van der Waals surface area contributed by atoms with E-state index in [9.17, 15) is 0 Å². The molecule has 0 spiro atoms. The van der Waals surface area contributed by atoms with E-state index >= 15 is 0 Å². The average Bonchev–Trinajstić information content (AvgIpc) is 2.43. The zero-order valence-corrected chi connectivity index (χ0v) is 15.2. The van der Waals surface area contributed by atoms with Gasteiger partial charge in [0.25, 0.3) is 0 Å². The van der Waals surface area contributed by atoms with Gasteiger partial charge in [0.1, 0.15) is 12.4 Å².